The maximum absolute atomic E-state index is 9.92. The lowest BCUT2D eigenvalue weighted by Crippen LogP contribution is -2.21. The van der Waals surface area contributed by atoms with Gasteiger partial charge in [-0.1, -0.05) is 0 Å². The van der Waals surface area contributed by atoms with Crippen LogP contribution in [0, 0.1) is 0 Å². The van der Waals surface area contributed by atoms with Gasteiger partial charge in [0.2, 0.25) is 0 Å². The summed E-state index contributed by atoms with van der Waals surface area (Å²) in [4.78, 5) is 1.34. The predicted octanol–water partition coefficient (Wildman–Crippen LogP) is 4.12. The number of aromatic hydroxyl groups is 1. The molecule has 2 rings (SSSR count). The van der Waals surface area contributed by atoms with Crippen molar-refractivity contribution >= 4 is 27.3 Å². The summed E-state index contributed by atoms with van der Waals surface area (Å²) in [5.41, 5.74) is 0.858. The first-order valence-electron chi connectivity index (χ1n) is 6.44. The van der Waals surface area contributed by atoms with Crippen LogP contribution in [0.1, 0.15) is 23.4 Å². The van der Waals surface area contributed by atoms with E-state index in [2.05, 4.69) is 33.4 Å². The minimum absolute atomic E-state index is 0.0773. The Morgan fingerprint density at radius 1 is 1.35 bits per heavy atom. The lowest BCUT2D eigenvalue weighted by molar-refractivity contribution is 0.407. The Morgan fingerprint density at radius 3 is 2.80 bits per heavy atom. The predicted molar refractivity (Wildman–Crippen MR) is 86.8 cm³/mol. The summed E-state index contributed by atoms with van der Waals surface area (Å²) in [6, 6.07) is 9.57. The van der Waals surface area contributed by atoms with E-state index in [9.17, 15) is 5.11 Å². The van der Waals surface area contributed by atoms with Crippen LogP contribution in [0.3, 0.4) is 0 Å². The SMILES string of the molecule is COc1ccc(O)c(C(C)NCCc2ccc(Br)s2)c1. The summed E-state index contributed by atoms with van der Waals surface area (Å²) in [6.45, 7) is 2.91. The lowest BCUT2D eigenvalue weighted by atomic mass is 10.1. The Hall–Kier alpha value is -1.04. The van der Waals surface area contributed by atoms with Gasteiger partial charge in [-0.3, -0.25) is 0 Å². The zero-order valence-electron chi connectivity index (χ0n) is 11.5. The standard InChI is InChI=1S/C15H18BrNO2S/c1-10(13-9-11(19-2)3-5-14(13)18)17-8-7-12-4-6-15(16)20-12/h3-6,9-10,17-18H,7-8H2,1-2H3. The van der Waals surface area contributed by atoms with E-state index in [1.807, 2.05) is 13.0 Å². The number of nitrogens with one attached hydrogen (secondary N) is 1. The molecule has 108 valence electrons. The number of thiophene rings is 1. The van der Waals surface area contributed by atoms with Crippen LogP contribution in [-0.2, 0) is 6.42 Å². The third-order valence-electron chi connectivity index (χ3n) is 3.15. The molecule has 0 bridgehead atoms. The van der Waals surface area contributed by atoms with E-state index in [4.69, 9.17) is 4.74 Å². The fourth-order valence-corrected chi connectivity index (χ4v) is 3.50. The number of phenols is 1. The van der Waals surface area contributed by atoms with Crippen molar-refractivity contribution in [3.05, 3.63) is 44.6 Å². The Bertz CT molecular complexity index is 571. The van der Waals surface area contributed by atoms with E-state index >= 15 is 0 Å². The van der Waals surface area contributed by atoms with Gasteiger partial charge in [-0.05, 0) is 59.6 Å². The molecule has 1 heterocycles. The smallest absolute Gasteiger partial charge is 0.120 e. The van der Waals surface area contributed by atoms with Gasteiger partial charge in [0.05, 0.1) is 10.9 Å². The third-order valence-corrected chi connectivity index (χ3v) is 4.84. The van der Waals surface area contributed by atoms with Crippen LogP contribution in [-0.4, -0.2) is 18.8 Å². The van der Waals surface area contributed by atoms with Gasteiger partial charge in [0, 0.05) is 23.0 Å². The molecule has 0 radical (unpaired) electrons. The van der Waals surface area contributed by atoms with Gasteiger partial charge >= 0.3 is 0 Å². The molecule has 5 heteroatoms. The van der Waals surface area contributed by atoms with E-state index in [1.54, 1.807) is 30.6 Å². The molecule has 0 saturated carbocycles. The minimum atomic E-state index is 0.0773. The van der Waals surface area contributed by atoms with Crippen molar-refractivity contribution in [2.75, 3.05) is 13.7 Å². The van der Waals surface area contributed by atoms with Crippen LogP contribution in [0.15, 0.2) is 34.1 Å². The fourth-order valence-electron chi connectivity index (χ4n) is 2.01. The quantitative estimate of drug-likeness (QED) is 0.818. The monoisotopic (exact) mass is 355 g/mol. The van der Waals surface area contributed by atoms with E-state index in [0.717, 1.165) is 28.1 Å². The van der Waals surface area contributed by atoms with Gasteiger partial charge in [-0.25, -0.2) is 0 Å². The summed E-state index contributed by atoms with van der Waals surface area (Å²) in [5.74, 6) is 1.05. The Morgan fingerprint density at radius 2 is 2.15 bits per heavy atom. The Labute approximate surface area is 131 Å². The second kappa shape index (κ2) is 7.11. The molecule has 20 heavy (non-hydrogen) atoms. The molecule has 0 aliphatic carbocycles. The molecule has 1 atom stereocenters. The van der Waals surface area contributed by atoms with E-state index < -0.39 is 0 Å². The summed E-state index contributed by atoms with van der Waals surface area (Å²) in [5, 5.41) is 13.3. The van der Waals surface area contributed by atoms with E-state index in [0.29, 0.717) is 5.75 Å². The van der Waals surface area contributed by atoms with E-state index in [1.165, 1.54) is 4.88 Å². The first-order chi connectivity index (χ1) is 9.60. The maximum Gasteiger partial charge on any atom is 0.120 e. The van der Waals surface area contributed by atoms with Gasteiger partial charge in [0.25, 0.3) is 0 Å². The zero-order chi connectivity index (χ0) is 14.5. The van der Waals surface area contributed by atoms with Crippen LogP contribution >= 0.6 is 27.3 Å². The number of ether oxygens (including phenoxy) is 1. The first kappa shape index (κ1) is 15.4. The molecule has 0 saturated heterocycles. The number of rotatable bonds is 6. The Balaban J connectivity index is 1.92. The summed E-state index contributed by atoms with van der Waals surface area (Å²) in [7, 11) is 1.63. The van der Waals surface area contributed by atoms with Gasteiger partial charge < -0.3 is 15.2 Å². The first-order valence-corrected chi connectivity index (χ1v) is 8.05. The molecule has 3 nitrogen and oxygen atoms in total. The van der Waals surface area contributed by atoms with Crippen molar-refractivity contribution in [1.29, 1.82) is 0 Å². The molecule has 1 aromatic carbocycles. The van der Waals surface area contributed by atoms with Crippen LogP contribution in [0.2, 0.25) is 0 Å². The average molecular weight is 356 g/mol. The molecular formula is C15H18BrNO2S. The summed E-state index contributed by atoms with van der Waals surface area (Å²) < 4.78 is 6.35. The number of phenolic OH excluding ortho intramolecular Hbond substituents is 1. The number of halogens is 1. The van der Waals surface area contributed by atoms with Gasteiger partial charge in [-0.15, -0.1) is 11.3 Å². The van der Waals surface area contributed by atoms with E-state index in [-0.39, 0.29) is 6.04 Å². The highest BCUT2D eigenvalue weighted by Gasteiger charge is 2.11. The minimum Gasteiger partial charge on any atom is -0.508 e. The third kappa shape index (κ3) is 3.98. The molecule has 0 aliphatic rings. The summed E-state index contributed by atoms with van der Waals surface area (Å²) >= 11 is 5.22. The number of methoxy groups -OCH3 is 1. The molecular weight excluding hydrogens is 338 g/mol. The van der Waals surface area contributed by atoms with Crippen molar-refractivity contribution in [2.24, 2.45) is 0 Å². The number of hydrogen-bond acceptors (Lipinski definition) is 4. The molecule has 1 unspecified atom stereocenters. The lowest BCUT2D eigenvalue weighted by Gasteiger charge is -2.16. The van der Waals surface area contributed by atoms with Gasteiger partial charge in [-0.2, -0.15) is 0 Å². The maximum atomic E-state index is 9.92. The van der Waals surface area contributed by atoms with Crippen molar-refractivity contribution < 1.29 is 9.84 Å². The molecule has 0 aliphatic heterocycles. The van der Waals surface area contributed by atoms with Crippen molar-refractivity contribution in [1.82, 2.24) is 5.32 Å². The molecule has 0 fully saturated rings. The topological polar surface area (TPSA) is 41.5 Å². The van der Waals surface area contributed by atoms with Crippen LogP contribution < -0.4 is 10.1 Å². The highest BCUT2D eigenvalue weighted by atomic mass is 79.9. The fraction of sp³-hybridized carbons (Fsp3) is 0.333. The van der Waals surface area contributed by atoms with Crippen molar-refractivity contribution in [2.45, 2.75) is 19.4 Å². The number of hydrogen-bond donors (Lipinski definition) is 2. The van der Waals surface area contributed by atoms with Gasteiger partial charge in [0.15, 0.2) is 0 Å². The molecule has 0 amide bonds. The second-order valence-corrected chi connectivity index (χ2v) is 7.10. The van der Waals surface area contributed by atoms with Crippen LogP contribution in [0.4, 0.5) is 0 Å². The number of benzene rings is 1. The highest BCUT2D eigenvalue weighted by Crippen LogP contribution is 2.28. The summed E-state index contributed by atoms with van der Waals surface area (Å²) in [6.07, 6.45) is 0.978. The highest BCUT2D eigenvalue weighted by molar-refractivity contribution is 9.11. The van der Waals surface area contributed by atoms with Crippen LogP contribution in [0.25, 0.3) is 0 Å². The molecule has 1 aromatic heterocycles. The van der Waals surface area contributed by atoms with Gasteiger partial charge in [0.1, 0.15) is 11.5 Å². The van der Waals surface area contributed by atoms with Crippen molar-refractivity contribution in [3.63, 3.8) is 0 Å². The Kier molecular flexibility index (Phi) is 5.46. The average Bonchev–Trinajstić information content (AvgIpc) is 2.85. The zero-order valence-corrected chi connectivity index (χ0v) is 13.9. The van der Waals surface area contributed by atoms with Crippen molar-refractivity contribution in [3.8, 4) is 11.5 Å². The van der Waals surface area contributed by atoms with Crippen LogP contribution in [0.5, 0.6) is 11.5 Å². The molecule has 0 spiro atoms. The largest absolute Gasteiger partial charge is 0.508 e. The molecule has 2 aromatic rings. The molecule has 2 N–H and O–H groups in total. The second-order valence-electron chi connectivity index (χ2n) is 4.56. The normalized spacial score (nSPS) is 12.3.